The number of hydrogen-bond donors (Lipinski definition) is 0. The third-order valence-corrected chi connectivity index (χ3v) is 0.514. The Hall–Kier alpha value is -0.230. The van der Waals surface area contributed by atoms with E-state index in [2.05, 4.69) is 0 Å². The van der Waals surface area contributed by atoms with Crippen LogP contribution in [-0.4, -0.2) is 5.88 Å². The van der Waals surface area contributed by atoms with Crippen molar-refractivity contribution in [3.8, 4) is 0 Å². The van der Waals surface area contributed by atoms with Crippen molar-refractivity contribution < 1.29 is 0 Å². The summed E-state index contributed by atoms with van der Waals surface area (Å²) in [7, 11) is 0. The topological polar surface area (TPSA) is 0 Å². The van der Waals surface area contributed by atoms with Gasteiger partial charge in [0.2, 0.25) is 0 Å². The molecule has 0 aromatic heterocycles. The van der Waals surface area contributed by atoms with Crippen LogP contribution in [0.15, 0.2) is 18.2 Å². The van der Waals surface area contributed by atoms with Gasteiger partial charge in [0.05, 0.1) is 0 Å². The Kier molecular flexibility index (Phi) is 4.59. The second-order valence-electron chi connectivity index (χ2n) is 0.775. The molecule has 0 fully saturated rings. The molecule has 0 aliphatic carbocycles. The molecule has 0 saturated carbocycles. The molecule has 0 saturated heterocycles. The summed E-state index contributed by atoms with van der Waals surface area (Å²) in [6, 6.07) is 0. The number of allylic oxidation sites excluding steroid dienone is 3. The highest BCUT2D eigenvalue weighted by Crippen LogP contribution is 1.75. The molecule has 1 radical (unpaired) electrons. The fraction of sp³-hybridized carbons (Fsp3) is 0.200. The molecule has 0 nitrogen and oxygen atoms in total. The fourth-order valence-corrected chi connectivity index (χ4v) is 0.233. The van der Waals surface area contributed by atoms with Crippen LogP contribution < -0.4 is 0 Å². The van der Waals surface area contributed by atoms with Crippen LogP contribution in [0.3, 0.4) is 0 Å². The lowest BCUT2D eigenvalue weighted by Gasteiger charge is -1.65. The first-order chi connectivity index (χ1) is 2.91. The van der Waals surface area contributed by atoms with E-state index in [1.54, 1.807) is 12.2 Å². The van der Waals surface area contributed by atoms with Gasteiger partial charge in [0.15, 0.2) is 0 Å². The SMILES string of the molecule is [CH]=CC=CCCl. The monoisotopic (exact) mass is 101 g/mol. The molecule has 0 bridgehead atoms. The molecule has 0 aliphatic heterocycles. The molecule has 0 unspecified atom stereocenters. The maximum atomic E-state index is 5.22. The molecule has 33 valence electrons. The minimum atomic E-state index is 0.535. The van der Waals surface area contributed by atoms with Gasteiger partial charge in [-0.15, -0.1) is 11.6 Å². The van der Waals surface area contributed by atoms with E-state index in [0.717, 1.165) is 0 Å². The molecular formula is C5H6Cl. The van der Waals surface area contributed by atoms with Crippen molar-refractivity contribution in [2.75, 3.05) is 5.88 Å². The molecule has 0 amide bonds. The molecule has 0 aliphatic rings. The number of hydrogen-bond acceptors (Lipinski definition) is 0. The van der Waals surface area contributed by atoms with Gasteiger partial charge in [0, 0.05) is 5.88 Å². The predicted octanol–water partition coefficient (Wildman–Crippen LogP) is 1.77. The van der Waals surface area contributed by atoms with Crippen LogP contribution in [0.4, 0.5) is 0 Å². The van der Waals surface area contributed by atoms with Gasteiger partial charge in [-0.05, 0) is 0 Å². The minimum Gasteiger partial charge on any atom is -0.122 e. The van der Waals surface area contributed by atoms with Crippen LogP contribution in [0.2, 0.25) is 0 Å². The van der Waals surface area contributed by atoms with Crippen molar-refractivity contribution in [3.05, 3.63) is 24.8 Å². The van der Waals surface area contributed by atoms with Crippen LogP contribution >= 0.6 is 11.6 Å². The lowest BCUT2D eigenvalue weighted by atomic mass is 10.5. The molecule has 0 rings (SSSR count). The van der Waals surface area contributed by atoms with E-state index in [1.807, 2.05) is 0 Å². The minimum absolute atomic E-state index is 0.535. The van der Waals surface area contributed by atoms with Crippen molar-refractivity contribution in [2.45, 2.75) is 0 Å². The van der Waals surface area contributed by atoms with Crippen molar-refractivity contribution in [1.29, 1.82) is 0 Å². The zero-order valence-electron chi connectivity index (χ0n) is 3.39. The standard InChI is InChI=1S/C5H6Cl/c1-2-3-4-5-6/h1-4H,5H2. The Balaban J connectivity index is 2.94. The van der Waals surface area contributed by atoms with E-state index in [9.17, 15) is 0 Å². The van der Waals surface area contributed by atoms with Crippen LogP contribution in [-0.2, 0) is 0 Å². The van der Waals surface area contributed by atoms with Crippen LogP contribution in [0.5, 0.6) is 0 Å². The number of halogens is 1. The van der Waals surface area contributed by atoms with E-state index >= 15 is 0 Å². The molecule has 0 aromatic rings. The van der Waals surface area contributed by atoms with Gasteiger partial charge >= 0.3 is 0 Å². The maximum Gasteiger partial charge on any atom is 0.0407 e. The quantitative estimate of drug-likeness (QED) is 0.367. The first kappa shape index (κ1) is 5.77. The summed E-state index contributed by atoms with van der Waals surface area (Å²) in [5.41, 5.74) is 0. The van der Waals surface area contributed by atoms with Gasteiger partial charge in [0.1, 0.15) is 0 Å². The zero-order valence-corrected chi connectivity index (χ0v) is 4.15. The molecule has 0 heterocycles. The molecule has 6 heavy (non-hydrogen) atoms. The van der Waals surface area contributed by atoms with E-state index in [0.29, 0.717) is 5.88 Å². The van der Waals surface area contributed by atoms with Crippen molar-refractivity contribution in [2.24, 2.45) is 0 Å². The van der Waals surface area contributed by atoms with Crippen LogP contribution in [0.25, 0.3) is 0 Å². The smallest absolute Gasteiger partial charge is 0.0407 e. The maximum absolute atomic E-state index is 5.22. The van der Waals surface area contributed by atoms with Crippen LogP contribution in [0, 0.1) is 6.58 Å². The Morgan fingerprint density at radius 1 is 1.67 bits per heavy atom. The van der Waals surface area contributed by atoms with E-state index in [4.69, 9.17) is 18.2 Å². The summed E-state index contributed by atoms with van der Waals surface area (Å²) in [6.07, 6.45) is 4.91. The first-order valence-electron chi connectivity index (χ1n) is 1.68. The Morgan fingerprint density at radius 2 is 2.33 bits per heavy atom. The predicted molar refractivity (Wildman–Crippen MR) is 28.7 cm³/mol. The summed E-state index contributed by atoms with van der Waals surface area (Å²) in [5, 5.41) is 0. The summed E-state index contributed by atoms with van der Waals surface area (Å²) in [4.78, 5) is 0. The number of alkyl halides is 1. The van der Waals surface area contributed by atoms with Crippen molar-refractivity contribution >= 4 is 11.6 Å². The van der Waals surface area contributed by atoms with E-state index in [-0.39, 0.29) is 0 Å². The fourth-order valence-electron chi connectivity index (χ4n) is 0.130. The third kappa shape index (κ3) is 3.77. The second kappa shape index (κ2) is 4.77. The average Bonchev–Trinajstić information content (AvgIpc) is 1.61. The highest BCUT2D eigenvalue weighted by Gasteiger charge is 1.57. The molecule has 0 aromatic carbocycles. The lowest BCUT2D eigenvalue weighted by Crippen LogP contribution is -1.52. The molecule has 0 N–H and O–H groups in total. The molecular weight excluding hydrogens is 95.5 g/mol. The normalized spacial score (nSPS) is 9.50. The van der Waals surface area contributed by atoms with Gasteiger partial charge in [-0.25, -0.2) is 0 Å². The Bertz CT molecular complexity index is 55.0. The van der Waals surface area contributed by atoms with E-state index in [1.165, 1.54) is 6.08 Å². The summed E-state index contributed by atoms with van der Waals surface area (Å²) < 4.78 is 0. The Labute approximate surface area is 43.1 Å². The first-order valence-corrected chi connectivity index (χ1v) is 2.21. The van der Waals surface area contributed by atoms with Crippen molar-refractivity contribution in [3.63, 3.8) is 0 Å². The van der Waals surface area contributed by atoms with Gasteiger partial charge in [-0.3, -0.25) is 0 Å². The molecule has 0 atom stereocenters. The van der Waals surface area contributed by atoms with Gasteiger partial charge in [0.25, 0.3) is 0 Å². The largest absolute Gasteiger partial charge is 0.122 e. The second-order valence-corrected chi connectivity index (χ2v) is 1.08. The van der Waals surface area contributed by atoms with Crippen LogP contribution in [0.1, 0.15) is 0 Å². The molecule has 1 heteroatoms. The highest BCUT2D eigenvalue weighted by atomic mass is 35.5. The summed E-state index contributed by atoms with van der Waals surface area (Å²) in [6.45, 7) is 4.94. The van der Waals surface area contributed by atoms with Gasteiger partial charge < -0.3 is 0 Å². The van der Waals surface area contributed by atoms with Crippen molar-refractivity contribution in [1.82, 2.24) is 0 Å². The Morgan fingerprint density at radius 3 is 2.50 bits per heavy atom. The average molecular weight is 102 g/mol. The summed E-state index contributed by atoms with van der Waals surface area (Å²) in [5.74, 6) is 0.535. The van der Waals surface area contributed by atoms with Gasteiger partial charge in [-0.1, -0.05) is 24.8 Å². The zero-order chi connectivity index (χ0) is 4.83. The third-order valence-electron chi connectivity index (χ3n) is 0.336. The number of rotatable bonds is 2. The summed E-state index contributed by atoms with van der Waals surface area (Å²) >= 11 is 5.22. The van der Waals surface area contributed by atoms with E-state index < -0.39 is 0 Å². The molecule has 0 spiro atoms. The highest BCUT2D eigenvalue weighted by molar-refractivity contribution is 6.18. The van der Waals surface area contributed by atoms with Gasteiger partial charge in [-0.2, -0.15) is 0 Å². The lowest BCUT2D eigenvalue weighted by molar-refractivity contribution is 1.74.